The molecule has 162 valence electrons. The van der Waals surface area contributed by atoms with Crippen LogP contribution >= 0.6 is 0 Å². The SMILES string of the molecule is CC(=O)N1c2ccccc2NC2=C(C(=O)CC(C)(C)C2)C1c1ccc(C(C)(C)C)cc1. The van der Waals surface area contributed by atoms with Gasteiger partial charge in [-0.15, -0.1) is 0 Å². The van der Waals surface area contributed by atoms with Gasteiger partial charge in [0.25, 0.3) is 0 Å². The van der Waals surface area contributed by atoms with Gasteiger partial charge in [0, 0.05) is 24.6 Å². The quantitative estimate of drug-likeness (QED) is 0.607. The lowest BCUT2D eigenvalue weighted by molar-refractivity contribution is -0.118. The number of anilines is 2. The Morgan fingerprint density at radius 2 is 1.68 bits per heavy atom. The molecule has 0 bridgehead atoms. The molecule has 4 heteroatoms. The molecule has 2 aromatic rings. The summed E-state index contributed by atoms with van der Waals surface area (Å²) in [6.45, 7) is 12.4. The number of amides is 1. The number of Topliss-reactive ketones (excluding diaryl/α,β-unsaturated/α-hetero) is 1. The predicted molar refractivity (Wildman–Crippen MR) is 126 cm³/mol. The molecule has 2 aromatic carbocycles. The highest BCUT2D eigenvalue weighted by atomic mass is 16.2. The fourth-order valence-electron chi connectivity index (χ4n) is 4.82. The van der Waals surface area contributed by atoms with Crippen molar-refractivity contribution in [2.24, 2.45) is 5.41 Å². The van der Waals surface area contributed by atoms with Crippen LogP contribution in [0.5, 0.6) is 0 Å². The number of carbonyl (C=O) groups excluding carboxylic acids is 2. The van der Waals surface area contributed by atoms with Gasteiger partial charge in [-0.05, 0) is 40.5 Å². The van der Waals surface area contributed by atoms with E-state index < -0.39 is 6.04 Å². The number of hydrogen-bond acceptors (Lipinski definition) is 3. The molecule has 1 aliphatic heterocycles. The molecule has 0 radical (unpaired) electrons. The second-order valence-electron chi connectivity index (χ2n) is 10.6. The minimum atomic E-state index is -0.443. The van der Waals surface area contributed by atoms with Crippen LogP contribution in [0.25, 0.3) is 0 Å². The summed E-state index contributed by atoms with van der Waals surface area (Å²) < 4.78 is 0. The van der Waals surface area contributed by atoms with Gasteiger partial charge in [0.05, 0.1) is 17.4 Å². The maximum atomic E-state index is 13.5. The molecular weight excluding hydrogens is 384 g/mol. The Morgan fingerprint density at radius 3 is 2.29 bits per heavy atom. The maximum absolute atomic E-state index is 13.5. The minimum Gasteiger partial charge on any atom is -0.357 e. The van der Waals surface area contributed by atoms with Crippen LogP contribution in [0.1, 0.15) is 71.6 Å². The van der Waals surface area contributed by atoms with Crippen LogP contribution in [-0.2, 0) is 15.0 Å². The second kappa shape index (κ2) is 7.37. The highest BCUT2D eigenvalue weighted by Crippen LogP contribution is 2.48. The number of fused-ring (bicyclic) bond motifs is 1. The van der Waals surface area contributed by atoms with Gasteiger partial charge in [-0.3, -0.25) is 14.5 Å². The Morgan fingerprint density at radius 1 is 1.03 bits per heavy atom. The van der Waals surface area contributed by atoms with Crippen LogP contribution in [0.2, 0.25) is 0 Å². The van der Waals surface area contributed by atoms with Crippen molar-refractivity contribution in [3.8, 4) is 0 Å². The first kappa shape index (κ1) is 21.4. The van der Waals surface area contributed by atoms with Crippen molar-refractivity contribution in [3.05, 3.63) is 70.9 Å². The van der Waals surface area contributed by atoms with Crippen molar-refractivity contribution in [2.45, 2.75) is 65.8 Å². The number of allylic oxidation sites excluding steroid dienone is 1. The van der Waals surface area contributed by atoms with E-state index in [1.807, 2.05) is 24.3 Å². The zero-order valence-corrected chi connectivity index (χ0v) is 19.4. The molecule has 31 heavy (non-hydrogen) atoms. The predicted octanol–water partition coefficient (Wildman–Crippen LogP) is 6.15. The van der Waals surface area contributed by atoms with Crippen LogP contribution in [0.4, 0.5) is 11.4 Å². The molecule has 0 aromatic heterocycles. The molecule has 4 rings (SSSR count). The summed E-state index contributed by atoms with van der Waals surface area (Å²) in [6.07, 6.45) is 1.25. The monoisotopic (exact) mass is 416 g/mol. The zero-order chi connectivity index (χ0) is 22.6. The van der Waals surface area contributed by atoms with E-state index in [9.17, 15) is 9.59 Å². The average molecular weight is 417 g/mol. The van der Waals surface area contributed by atoms with Gasteiger partial charge in [0.2, 0.25) is 5.91 Å². The third-order valence-corrected chi connectivity index (χ3v) is 6.33. The van der Waals surface area contributed by atoms with E-state index in [0.717, 1.165) is 29.1 Å². The molecule has 0 saturated carbocycles. The molecule has 2 aliphatic rings. The van der Waals surface area contributed by atoms with E-state index >= 15 is 0 Å². The normalized spacial score (nSPS) is 20.5. The van der Waals surface area contributed by atoms with Crippen molar-refractivity contribution in [3.63, 3.8) is 0 Å². The van der Waals surface area contributed by atoms with Crippen LogP contribution in [0.3, 0.4) is 0 Å². The molecule has 1 aliphatic carbocycles. The summed E-state index contributed by atoms with van der Waals surface area (Å²) in [6, 6.07) is 15.8. The lowest BCUT2D eigenvalue weighted by Crippen LogP contribution is -2.38. The molecule has 1 heterocycles. The van der Waals surface area contributed by atoms with Gasteiger partial charge in [-0.2, -0.15) is 0 Å². The topological polar surface area (TPSA) is 49.4 Å². The third kappa shape index (κ3) is 3.91. The molecular formula is C27H32N2O2. The number of benzene rings is 2. The highest BCUT2D eigenvalue weighted by molar-refractivity contribution is 6.05. The summed E-state index contributed by atoms with van der Waals surface area (Å²) in [4.78, 5) is 28.3. The minimum absolute atomic E-state index is 0.0332. The first-order valence-electron chi connectivity index (χ1n) is 11.0. The second-order valence-corrected chi connectivity index (χ2v) is 10.6. The molecule has 1 amide bonds. The molecule has 1 unspecified atom stereocenters. The van der Waals surface area contributed by atoms with E-state index in [-0.39, 0.29) is 22.5 Å². The largest absolute Gasteiger partial charge is 0.357 e. The fraction of sp³-hybridized carbons (Fsp3) is 0.407. The van der Waals surface area contributed by atoms with Crippen molar-refractivity contribution in [1.29, 1.82) is 0 Å². The lowest BCUT2D eigenvalue weighted by Gasteiger charge is -2.37. The van der Waals surface area contributed by atoms with E-state index in [2.05, 4.69) is 64.2 Å². The van der Waals surface area contributed by atoms with Crippen molar-refractivity contribution < 1.29 is 9.59 Å². The van der Waals surface area contributed by atoms with Crippen molar-refractivity contribution in [2.75, 3.05) is 10.2 Å². The van der Waals surface area contributed by atoms with Crippen molar-refractivity contribution >= 4 is 23.1 Å². The summed E-state index contributed by atoms with van der Waals surface area (Å²) in [5.74, 6) is 0.0354. The standard InChI is InChI=1S/C27H32N2O2/c1-17(30)29-22-10-8-7-9-20(22)28-21-15-27(5,6)16-23(31)24(21)25(29)18-11-13-19(14-12-18)26(2,3)4/h7-14,25,28H,15-16H2,1-6H3. The summed E-state index contributed by atoms with van der Waals surface area (Å²) in [7, 11) is 0. The lowest BCUT2D eigenvalue weighted by atomic mass is 9.73. The number of rotatable bonds is 1. The van der Waals surface area contributed by atoms with Gasteiger partial charge in [0.15, 0.2) is 5.78 Å². The number of carbonyl (C=O) groups is 2. The number of ketones is 1. The Hall–Kier alpha value is -2.88. The van der Waals surface area contributed by atoms with E-state index in [1.165, 1.54) is 5.56 Å². The van der Waals surface area contributed by atoms with Gasteiger partial charge >= 0.3 is 0 Å². The number of nitrogens with one attached hydrogen (secondary N) is 1. The van der Waals surface area contributed by atoms with Gasteiger partial charge in [-0.1, -0.05) is 71.0 Å². The average Bonchev–Trinajstić information content (AvgIpc) is 2.80. The highest BCUT2D eigenvalue weighted by Gasteiger charge is 2.42. The molecule has 4 nitrogen and oxygen atoms in total. The molecule has 0 fully saturated rings. The van der Waals surface area contributed by atoms with Crippen LogP contribution in [0.15, 0.2) is 59.8 Å². The summed E-state index contributed by atoms with van der Waals surface area (Å²) >= 11 is 0. The number of nitrogens with zero attached hydrogens (tertiary/aromatic N) is 1. The Balaban J connectivity index is 1.96. The summed E-state index contributed by atoms with van der Waals surface area (Å²) in [5.41, 5.74) is 5.42. The Bertz CT molecular complexity index is 1070. The molecule has 1 atom stereocenters. The van der Waals surface area contributed by atoms with Gasteiger partial charge in [0.1, 0.15) is 0 Å². The number of hydrogen-bond donors (Lipinski definition) is 1. The van der Waals surface area contributed by atoms with Crippen LogP contribution in [0, 0.1) is 5.41 Å². The maximum Gasteiger partial charge on any atom is 0.224 e. The Kier molecular flexibility index (Phi) is 5.07. The summed E-state index contributed by atoms with van der Waals surface area (Å²) in [5, 5.41) is 3.53. The molecule has 0 spiro atoms. The third-order valence-electron chi connectivity index (χ3n) is 6.33. The molecule has 1 N–H and O–H groups in total. The van der Waals surface area contributed by atoms with Gasteiger partial charge < -0.3 is 5.32 Å². The smallest absolute Gasteiger partial charge is 0.224 e. The Labute approximate surface area is 185 Å². The number of para-hydroxylation sites is 2. The molecule has 0 saturated heterocycles. The fourth-order valence-corrected chi connectivity index (χ4v) is 4.82. The van der Waals surface area contributed by atoms with E-state index in [4.69, 9.17) is 0 Å². The first-order chi connectivity index (χ1) is 14.5. The van der Waals surface area contributed by atoms with E-state index in [0.29, 0.717) is 12.0 Å². The van der Waals surface area contributed by atoms with E-state index in [1.54, 1.807) is 11.8 Å². The van der Waals surface area contributed by atoms with Gasteiger partial charge in [-0.25, -0.2) is 0 Å². The van der Waals surface area contributed by atoms with Crippen LogP contribution < -0.4 is 10.2 Å². The first-order valence-corrected chi connectivity index (χ1v) is 11.0. The van der Waals surface area contributed by atoms with Crippen LogP contribution in [-0.4, -0.2) is 11.7 Å². The zero-order valence-electron chi connectivity index (χ0n) is 19.4. The van der Waals surface area contributed by atoms with Crippen molar-refractivity contribution in [1.82, 2.24) is 0 Å².